The summed E-state index contributed by atoms with van der Waals surface area (Å²) in [7, 11) is 1.34. The van der Waals surface area contributed by atoms with Gasteiger partial charge in [0.25, 0.3) is 5.91 Å². The molecule has 0 bridgehead atoms. The van der Waals surface area contributed by atoms with E-state index in [2.05, 4.69) is 16.4 Å². The van der Waals surface area contributed by atoms with Crippen LogP contribution in [0.4, 0.5) is 5.69 Å². The van der Waals surface area contributed by atoms with E-state index >= 15 is 0 Å². The molecule has 1 aliphatic carbocycles. The lowest BCUT2D eigenvalue weighted by molar-refractivity contribution is 0.0599. The number of amides is 1. The Morgan fingerprint density at radius 2 is 1.92 bits per heavy atom. The average molecular weight is 326 g/mol. The molecule has 24 heavy (non-hydrogen) atoms. The standard InChI is InChI=1S/C19H22N2O3/c1-11-16(19(23)24-3)12(2)20-17(11)18(22)21-15-10-6-8-13-7-4-5-9-14(13)15/h6,8,10,20H,4-5,7,9H2,1-3H3,(H,21,22). The minimum atomic E-state index is -0.433. The number of carbonyl (C=O) groups excluding carboxylic acids is 2. The molecule has 2 N–H and O–H groups in total. The molecule has 1 heterocycles. The first-order valence-electron chi connectivity index (χ1n) is 8.22. The summed E-state index contributed by atoms with van der Waals surface area (Å²) >= 11 is 0. The molecule has 0 radical (unpaired) electrons. The van der Waals surface area contributed by atoms with Crippen LogP contribution in [0.2, 0.25) is 0 Å². The summed E-state index contributed by atoms with van der Waals surface area (Å²) in [6, 6.07) is 6.05. The molecule has 5 heteroatoms. The maximum absolute atomic E-state index is 12.7. The van der Waals surface area contributed by atoms with E-state index in [0.29, 0.717) is 22.5 Å². The number of ether oxygens (including phenoxy) is 1. The summed E-state index contributed by atoms with van der Waals surface area (Å²) in [5, 5.41) is 3.00. The number of esters is 1. The molecule has 1 aliphatic rings. The van der Waals surface area contributed by atoms with Crippen LogP contribution in [0.1, 0.15) is 56.1 Å². The molecular weight excluding hydrogens is 304 g/mol. The van der Waals surface area contributed by atoms with Crippen LogP contribution < -0.4 is 5.32 Å². The second-order valence-corrected chi connectivity index (χ2v) is 6.22. The topological polar surface area (TPSA) is 71.2 Å². The van der Waals surface area contributed by atoms with Gasteiger partial charge < -0.3 is 15.0 Å². The zero-order chi connectivity index (χ0) is 17.3. The smallest absolute Gasteiger partial charge is 0.339 e. The van der Waals surface area contributed by atoms with Crippen LogP contribution in [0, 0.1) is 13.8 Å². The van der Waals surface area contributed by atoms with Crippen molar-refractivity contribution in [3.05, 3.63) is 51.8 Å². The lowest BCUT2D eigenvalue weighted by atomic mass is 9.90. The molecule has 3 rings (SSSR count). The predicted octanol–water partition coefficient (Wildman–Crippen LogP) is 3.55. The molecule has 0 spiro atoms. The van der Waals surface area contributed by atoms with Gasteiger partial charge in [0.2, 0.25) is 0 Å². The van der Waals surface area contributed by atoms with Gasteiger partial charge in [0.15, 0.2) is 0 Å². The summed E-state index contributed by atoms with van der Waals surface area (Å²) in [6.07, 6.45) is 4.39. The molecule has 0 saturated heterocycles. The largest absolute Gasteiger partial charge is 0.465 e. The summed E-state index contributed by atoms with van der Waals surface area (Å²) in [5.41, 5.74) is 5.49. The van der Waals surface area contributed by atoms with E-state index in [4.69, 9.17) is 4.74 Å². The zero-order valence-electron chi connectivity index (χ0n) is 14.3. The van der Waals surface area contributed by atoms with E-state index in [1.807, 2.05) is 12.1 Å². The first-order chi connectivity index (χ1) is 11.5. The summed E-state index contributed by atoms with van der Waals surface area (Å²) in [6.45, 7) is 3.52. The molecule has 2 aromatic rings. The third-order valence-electron chi connectivity index (χ3n) is 4.70. The fourth-order valence-electron chi connectivity index (χ4n) is 3.47. The molecule has 1 amide bonds. The number of methoxy groups -OCH3 is 1. The van der Waals surface area contributed by atoms with Gasteiger partial charge in [-0.2, -0.15) is 0 Å². The summed E-state index contributed by atoms with van der Waals surface area (Å²) in [5.74, 6) is -0.665. The van der Waals surface area contributed by atoms with Gasteiger partial charge in [-0.25, -0.2) is 4.79 Å². The first kappa shape index (κ1) is 16.3. The molecular formula is C19H22N2O3. The zero-order valence-corrected chi connectivity index (χ0v) is 14.3. The molecule has 0 unspecified atom stereocenters. The Morgan fingerprint density at radius 1 is 1.17 bits per heavy atom. The average Bonchev–Trinajstić information content (AvgIpc) is 2.89. The number of aromatic nitrogens is 1. The van der Waals surface area contributed by atoms with Gasteiger partial charge in [-0.15, -0.1) is 0 Å². The lowest BCUT2D eigenvalue weighted by Crippen LogP contribution is -2.17. The number of rotatable bonds is 3. The van der Waals surface area contributed by atoms with Gasteiger partial charge in [0, 0.05) is 11.4 Å². The minimum absolute atomic E-state index is 0.232. The fraction of sp³-hybridized carbons (Fsp3) is 0.368. The molecule has 0 saturated carbocycles. The van der Waals surface area contributed by atoms with E-state index in [1.54, 1.807) is 13.8 Å². The lowest BCUT2D eigenvalue weighted by Gasteiger charge is -2.19. The van der Waals surface area contributed by atoms with Crippen molar-refractivity contribution in [1.82, 2.24) is 4.98 Å². The number of hydrogen-bond acceptors (Lipinski definition) is 3. The molecule has 126 valence electrons. The summed E-state index contributed by atoms with van der Waals surface area (Å²) in [4.78, 5) is 27.6. The highest BCUT2D eigenvalue weighted by Gasteiger charge is 2.23. The van der Waals surface area contributed by atoms with Crippen molar-refractivity contribution in [2.45, 2.75) is 39.5 Å². The number of anilines is 1. The highest BCUT2D eigenvalue weighted by molar-refractivity contribution is 6.07. The Labute approximate surface area is 141 Å². The van der Waals surface area contributed by atoms with E-state index in [0.717, 1.165) is 24.9 Å². The second-order valence-electron chi connectivity index (χ2n) is 6.22. The van der Waals surface area contributed by atoms with Crippen LogP contribution in [-0.2, 0) is 17.6 Å². The van der Waals surface area contributed by atoms with Gasteiger partial charge >= 0.3 is 5.97 Å². The quantitative estimate of drug-likeness (QED) is 0.847. The molecule has 0 atom stereocenters. The number of aromatic amines is 1. The third-order valence-corrected chi connectivity index (χ3v) is 4.70. The van der Waals surface area contributed by atoms with Gasteiger partial charge in [-0.1, -0.05) is 12.1 Å². The van der Waals surface area contributed by atoms with Gasteiger partial charge in [-0.3, -0.25) is 4.79 Å². The number of hydrogen-bond donors (Lipinski definition) is 2. The number of nitrogens with one attached hydrogen (secondary N) is 2. The van der Waals surface area contributed by atoms with Crippen molar-refractivity contribution in [2.24, 2.45) is 0 Å². The predicted molar refractivity (Wildman–Crippen MR) is 92.6 cm³/mol. The fourth-order valence-corrected chi connectivity index (χ4v) is 3.47. The minimum Gasteiger partial charge on any atom is -0.465 e. The van der Waals surface area contributed by atoms with Crippen molar-refractivity contribution < 1.29 is 14.3 Å². The van der Waals surface area contributed by atoms with Crippen LogP contribution in [0.3, 0.4) is 0 Å². The third kappa shape index (κ3) is 2.82. The SMILES string of the molecule is COC(=O)c1c(C)[nH]c(C(=O)Nc2cccc3c2CCCC3)c1C. The van der Waals surface area contributed by atoms with Crippen LogP contribution >= 0.6 is 0 Å². The van der Waals surface area contributed by atoms with E-state index < -0.39 is 5.97 Å². The van der Waals surface area contributed by atoms with E-state index in [-0.39, 0.29) is 5.91 Å². The normalized spacial score (nSPS) is 13.3. The molecule has 1 aromatic heterocycles. The molecule has 0 fully saturated rings. The highest BCUT2D eigenvalue weighted by atomic mass is 16.5. The highest BCUT2D eigenvalue weighted by Crippen LogP contribution is 2.28. The number of aryl methyl sites for hydroxylation is 2. The van der Waals surface area contributed by atoms with Gasteiger partial charge in [0.05, 0.1) is 12.7 Å². The number of carbonyl (C=O) groups is 2. The van der Waals surface area contributed by atoms with Crippen molar-refractivity contribution in [3.8, 4) is 0 Å². The first-order valence-corrected chi connectivity index (χ1v) is 8.22. The Kier molecular flexibility index (Phi) is 4.42. The van der Waals surface area contributed by atoms with E-state index in [9.17, 15) is 9.59 Å². The molecule has 5 nitrogen and oxygen atoms in total. The Morgan fingerprint density at radius 3 is 2.67 bits per heavy atom. The van der Waals surface area contributed by atoms with Crippen LogP contribution in [-0.4, -0.2) is 24.0 Å². The van der Waals surface area contributed by atoms with Crippen molar-refractivity contribution in [3.63, 3.8) is 0 Å². The Bertz CT molecular complexity index is 805. The maximum Gasteiger partial charge on any atom is 0.339 e. The summed E-state index contributed by atoms with van der Waals surface area (Å²) < 4.78 is 4.79. The number of H-pyrrole nitrogens is 1. The Hall–Kier alpha value is -2.56. The number of fused-ring (bicyclic) bond motifs is 1. The van der Waals surface area contributed by atoms with Crippen molar-refractivity contribution in [1.29, 1.82) is 0 Å². The van der Waals surface area contributed by atoms with Gasteiger partial charge in [0.1, 0.15) is 5.69 Å². The van der Waals surface area contributed by atoms with Crippen LogP contribution in [0.25, 0.3) is 0 Å². The van der Waals surface area contributed by atoms with Gasteiger partial charge in [-0.05, 0) is 62.3 Å². The van der Waals surface area contributed by atoms with E-state index in [1.165, 1.54) is 24.7 Å². The number of benzene rings is 1. The maximum atomic E-state index is 12.7. The molecule has 1 aromatic carbocycles. The van der Waals surface area contributed by atoms with Crippen molar-refractivity contribution >= 4 is 17.6 Å². The molecule has 0 aliphatic heterocycles. The Balaban J connectivity index is 1.90. The monoisotopic (exact) mass is 326 g/mol. The van der Waals surface area contributed by atoms with Crippen LogP contribution in [0.5, 0.6) is 0 Å². The van der Waals surface area contributed by atoms with Crippen LogP contribution in [0.15, 0.2) is 18.2 Å². The van der Waals surface area contributed by atoms with Crippen molar-refractivity contribution in [2.75, 3.05) is 12.4 Å². The second kappa shape index (κ2) is 6.51.